The number of Topliss-reactive ketones (excluding diaryl/α,β-unsaturated/α-hetero) is 1. The van der Waals surface area contributed by atoms with E-state index >= 15 is 0 Å². The predicted molar refractivity (Wildman–Crippen MR) is 108 cm³/mol. The minimum atomic E-state index is -0.969. The molecule has 0 radical (unpaired) electrons. The number of hydrogen-bond donors (Lipinski definition) is 1. The van der Waals surface area contributed by atoms with Crippen molar-refractivity contribution in [1.29, 1.82) is 0 Å². The summed E-state index contributed by atoms with van der Waals surface area (Å²) in [5.41, 5.74) is 1.74. The van der Waals surface area contributed by atoms with Gasteiger partial charge in [0.25, 0.3) is 0 Å². The molecule has 1 N–H and O–H groups in total. The summed E-state index contributed by atoms with van der Waals surface area (Å²) in [6, 6.07) is 8.80. The van der Waals surface area contributed by atoms with Crippen LogP contribution in [0.25, 0.3) is 6.08 Å². The van der Waals surface area contributed by atoms with Crippen molar-refractivity contribution in [2.24, 2.45) is 0 Å². The number of nitrogens with zero attached hydrogens (tertiary/aromatic N) is 2. The molecule has 0 spiro atoms. The van der Waals surface area contributed by atoms with Crippen LogP contribution in [0, 0.1) is 11.6 Å². The van der Waals surface area contributed by atoms with E-state index in [4.69, 9.17) is 4.74 Å². The molecule has 0 bridgehead atoms. The van der Waals surface area contributed by atoms with E-state index in [1.54, 1.807) is 28.8 Å². The number of methoxy groups -OCH3 is 1. The molecule has 1 aliphatic carbocycles. The molecule has 1 aliphatic rings. The summed E-state index contributed by atoms with van der Waals surface area (Å²) in [6.07, 6.45) is 5.37. The highest BCUT2D eigenvalue weighted by molar-refractivity contribution is 6.04. The van der Waals surface area contributed by atoms with Gasteiger partial charge >= 0.3 is 5.56 Å². The van der Waals surface area contributed by atoms with E-state index in [0.717, 1.165) is 12.1 Å². The molecule has 1 heterocycles. The smallest absolute Gasteiger partial charge is 0.316 e. The summed E-state index contributed by atoms with van der Waals surface area (Å²) < 4.78 is 33.5. The number of rotatable bonds is 5. The predicted octanol–water partition coefficient (Wildman–Crippen LogP) is 3.92. The highest BCUT2D eigenvalue weighted by atomic mass is 19.2. The summed E-state index contributed by atoms with van der Waals surface area (Å²) in [5.74, 6) is -1.74. The van der Waals surface area contributed by atoms with Crippen molar-refractivity contribution >= 4 is 23.5 Å². The lowest BCUT2D eigenvalue weighted by molar-refractivity contribution is 0.0994. The molecule has 2 aromatic carbocycles. The van der Waals surface area contributed by atoms with Crippen LogP contribution in [0.3, 0.4) is 0 Å². The van der Waals surface area contributed by atoms with Crippen molar-refractivity contribution < 1.29 is 18.3 Å². The normalized spacial score (nSPS) is 12.6. The molecule has 0 saturated heterocycles. The topological polar surface area (TPSA) is 73.2 Å². The number of carbonyl (C=O) groups is 1. The molecule has 8 heteroatoms. The number of allylic oxidation sites excluding steroid dienone is 1. The van der Waals surface area contributed by atoms with Crippen LogP contribution in [0.4, 0.5) is 20.4 Å². The minimum absolute atomic E-state index is 0.00184. The van der Waals surface area contributed by atoms with Gasteiger partial charge < -0.3 is 14.6 Å². The van der Waals surface area contributed by atoms with Crippen LogP contribution in [0.15, 0.2) is 53.5 Å². The van der Waals surface area contributed by atoms with Crippen LogP contribution in [-0.4, -0.2) is 22.4 Å². The first kappa shape index (κ1) is 19.5. The number of nitrogens with one attached hydrogen (secondary N) is 1. The number of benzene rings is 2. The molecule has 1 aromatic heterocycles. The third-order valence-electron chi connectivity index (χ3n) is 4.76. The van der Waals surface area contributed by atoms with Crippen molar-refractivity contribution in [3.63, 3.8) is 0 Å². The van der Waals surface area contributed by atoms with Crippen molar-refractivity contribution in [2.75, 3.05) is 12.4 Å². The first-order chi connectivity index (χ1) is 14.5. The number of hydrogen-bond acceptors (Lipinski definition) is 5. The van der Waals surface area contributed by atoms with Crippen LogP contribution in [0.2, 0.25) is 0 Å². The minimum Gasteiger partial charge on any atom is -0.490 e. The lowest BCUT2D eigenvalue weighted by Gasteiger charge is -2.18. The second-order valence-electron chi connectivity index (χ2n) is 6.74. The second-order valence-corrected chi connectivity index (χ2v) is 6.74. The van der Waals surface area contributed by atoms with Gasteiger partial charge in [-0.1, -0.05) is 30.4 Å². The Morgan fingerprint density at radius 1 is 1.17 bits per heavy atom. The number of ketones is 1. The Morgan fingerprint density at radius 3 is 2.77 bits per heavy atom. The Bertz CT molecular complexity index is 1230. The summed E-state index contributed by atoms with van der Waals surface area (Å²) >= 11 is 0. The molecule has 0 fully saturated rings. The van der Waals surface area contributed by atoms with Crippen LogP contribution >= 0.6 is 0 Å². The Balaban J connectivity index is 1.77. The van der Waals surface area contributed by atoms with Gasteiger partial charge in [-0.15, -0.1) is 0 Å². The van der Waals surface area contributed by atoms with Gasteiger partial charge in [0.15, 0.2) is 17.4 Å². The van der Waals surface area contributed by atoms with E-state index in [-0.39, 0.29) is 24.0 Å². The maximum atomic E-state index is 13.6. The zero-order chi connectivity index (χ0) is 21.3. The van der Waals surface area contributed by atoms with Gasteiger partial charge in [-0.2, -0.15) is 4.98 Å². The van der Waals surface area contributed by atoms with Gasteiger partial charge in [-0.05, 0) is 23.8 Å². The summed E-state index contributed by atoms with van der Waals surface area (Å²) in [4.78, 5) is 28.4. The number of halogens is 2. The zero-order valence-electron chi connectivity index (χ0n) is 16.0. The Labute approximate surface area is 170 Å². The molecule has 3 aromatic rings. The van der Waals surface area contributed by atoms with E-state index in [0.29, 0.717) is 28.8 Å². The van der Waals surface area contributed by atoms with Crippen LogP contribution in [0.1, 0.15) is 27.9 Å². The lowest BCUT2D eigenvalue weighted by Crippen LogP contribution is -2.19. The standard InChI is InChI=1S/C22H17F2N3O3/c1-30-20-12-27(11-13-8-9-16(23)17(24)10-13)22(26-21(20)29)25-18-6-2-5-15-14(18)4-3-7-19(15)28/h2-6,8-10,12H,7,11H2,1H3,(H,25,26,29). The number of anilines is 2. The zero-order valence-corrected chi connectivity index (χ0v) is 16.0. The van der Waals surface area contributed by atoms with Crippen molar-refractivity contribution in [3.8, 4) is 5.75 Å². The van der Waals surface area contributed by atoms with Crippen LogP contribution in [0.5, 0.6) is 5.75 Å². The summed E-state index contributed by atoms with van der Waals surface area (Å²) in [6.45, 7) is 0.104. The fourth-order valence-electron chi connectivity index (χ4n) is 3.28. The van der Waals surface area contributed by atoms with Gasteiger partial charge in [-0.3, -0.25) is 9.59 Å². The number of aromatic nitrogens is 2. The van der Waals surface area contributed by atoms with E-state index in [1.807, 2.05) is 6.08 Å². The lowest BCUT2D eigenvalue weighted by atomic mass is 9.95. The fraction of sp³-hybridized carbons (Fsp3) is 0.136. The second kappa shape index (κ2) is 7.90. The number of carbonyl (C=O) groups excluding carboxylic acids is 1. The van der Waals surface area contributed by atoms with Gasteiger partial charge in [0.2, 0.25) is 11.7 Å². The molecular weight excluding hydrogens is 392 g/mol. The van der Waals surface area contributed by atoms with Gasteiger partial charge in [0.1, 0.15) is 0 Å². The highest BCUT2D eigenvalue weighted by Crippen LogP contribution is 2.29. The molecule has 4 rings (SSSR count). The average molecular weight is 409 g/mol. The molecule has 6 nitrogen and oxygen atoms in total. The van der Waals surface area contributed by atoms with E-state index in [9.17, 15) is 18.4 Å². The maximum Gasteiger partial charge on any atom is 0.316 e. The van der Waals surface area contributed by atoms with Crippen LogP contribution < -0.4 is 15.6 Å². The Hall–Kier alpha value is -3.81. The quantitative estimate of drug-likeness (QED) is 0.692. The van der Waals surface area contributed by atoms with Crippen molar-refractivity contribution in [2.45, 2.75) is 13.0 Å². The third-order valence-corrected chi connectivity index (χ3v) is 4.76. The first-order valence-corrected chi connectivity index (χ1v) is 9.15. The number of fused-ring (bicyclic) bond motifs is 1. The van der Waals surface area contributed by atoms with Crippen molar-refractivity contribution in [1.82, 2.24) is 9.55 Å². The van der Waals surface area contributed by atoms with Gasteiger partial charge in [0.05, 0.1) is 19.9 Å². The van der Waals surface area contributed by atoms with E-state index < -0.39 is 17.2 Å². The summed E-state index contributed by atoms with van der Waals surface area (Å²) in [5, 5.41) is 3.08. The largest absolute Gasteiger partial charge is 0.490 e. The van der Waals surface area contributed by atoms with Gasteiger partial charge in [0, 0.05) is 23.2 Å². The maximum absolute atomic E-state index is 13.6. The third kappa shape index (κ3) is 3.71. The Morgan fingerprint density at radius 2 is 2.00 bits per heavy atom. The van der Waals surface area contributed by atoms with Crippen LogP contribution in [-0.2, 0) is 6.54 Å². The molecular formula is C22H17F2N3O3. The number of ether oxygens (including phenoxy) is 1. The molecule has 30 heavy (non-hydrogen) atoms. The molecule has 0 unspecified atom stereocenters. The van der Waals surface area contributed by atoms with E-state index in [2.05, 4.69) is 10.3 Å². The molecule has 0 atom stereocenters. The SMILES string of the molecule is COc1cn(Cc2ccc(F)c(F)c2)c(Nc2cccc3c2C=CCC3=O)nc1=O. The molecule has 0 saturated carbocycles. The first-order valence-electron chi connectivity index (χ1n) is 9.15. The molecule has 152 valence electrons. The molecule has 0 amide bonds. The van der Waals surface area contributed by atoms with E-state index in [1.165, 1.54) is 19.4 Å². The Kier molecular flexibility index (Phi) is 5.14. The highest BCUT2D eigenvalue weighted by Gasteiger charge is 2.18. The average Bonchev–Trinajstić information content (AvgIpc) is 2.73. The fourth-order valence-corrected chi connectivity index (χ4v) is 3.28. The van der Waals surface area contributed by atoms with Gasteiger partial charge in [-0.25, -0.2) is 8.78 Å². The summed E-state index contributed by atoms with van der Waals surface area (Å²) in [7, 11) is 1.34. The molecule has 0 aliphatic heterocycles. The monoisotopic (exact) mass is 409 g/mol. The van der Waals surface area contributed by atoms with Crippen molar-refractivity contribution in [3.05, 3.63) is 87.3 Å².